The fraction of sp³-hybridized carbons (Fsp3) is 0.712. The van der Waals surface area contributed by atoms with Crippen LogP contribution in [0.5, 0.6) is 0 Å². The van der Waals surface area contributed by atoms with E-state index in [0.29, 0.717) is 19.3 Å². The van der Waals surface area contributed by atoms with Crippen LogP contribution in [0.3, 0.4) is 0 Å². The summed E-state index contributed by atoms with van der Waals surface area (Å²) in [5.41, 5.74) is 0. The van der Waals surface area contributed by atoms with Crippen molar-refractivity contribution in [2.24, 2.45) is 0 Å². The molecule has 0 rings (SSSR count). The van der Waals surface area contributed by atoms with Gasteiger partial charge in [-0.15, -0.1) is 0 Å². The molecule has 79 heavy (non-hydrogen) atoms. The third-order valence-electron chi connectivity index (χ3n) is 14.2. The molecule has 6 nitrogen and oxygen atoms in total. The molecule has 0 aliphatic carbocycles. The molecule has 0 heterocycles. The number of esters is 3. The SMILES string of the molecule is CC/C=C\C/C=C\C/C=C\C/C=C\CCCCC(=O)OC(COC(=O)CCCCCCC/C=C\C/C=C\C/C=C\CC)COC(=O)CCCCCCCCCCCCCCCCCCCCC/C=C\C/C=C\CCCCCCC. The Morgan fingerprint density at radius 2 is 0.494 bits per heavy atom. The highest BCUT2D eigenvalue weighted by atomic mass is 16.6. The maximum atomic E-state index is 12.9. The van der Waals surface area contributed by atoms with E-state index < -0.39 is 6.10 Å². The molecule has 1 atom stereocenters. The van der Waals surface area contributed by atoms with Crippen LogP contribution in [0.2, 0.25) is 0 Å². The van der Waals surface area contributed by atoms with Gasteiger partial charge >= 0.3 is 17.9 Å². The monoisotopic (exact) mass is 1100 g/mol. The van der Waals surface area contributed by atoms with Gasteiger partial charge in [0.15, 0.2) is 6.10 Å². The van der Waals surface area contributed by atoms with Gasteiger partial charge < -0.3 is 14.2 Å². The number of carbonyl (C=O) groups excluding carboxylic acids is 3. The van der Waals surface area contributed by atoms with Gasteiger partial charge in [-0.05, 0) is 122 Å². The molecule has 0 radical (unpaired) electrons. The van der Waals surface area contributed by atoms with Crippen LogP contribution in [0.4, 0.5) is 0 Å². The van der Waals surface area contributed by atoms with Crippen molar-refractivity contribution in [3.63, 3.8) is 0 Å². The van der Waals surface area contributed by atoms with Gasteiger partial charge in [-0.2, -0.15) is 0 Å². The average Bonchev–Trinajstić information content (AvgIpc) is 3.45. The first kappa shape index (κ1) is 75.1. The van der Waals surface area contributed by atoms with Gasteiger partial charge in [0, 0.05) is 19.3 Å². The van der Waals surface area contributed by atoms with Crippen LogP contribution >= 0.6 is 0 Å². The predicted octanol–water partition coefficient (Wildman–Crippen LogP) is 23.0. The third kappa shape index (κ3) is 64.8. The molecular weight excluding hydrogens is 973 g/mol. The van der Waals surface area contributed by atoms with E-state index in [0.717, 1.165) is 122 Å². The van der Waals surface area contributed by atoms with Gasteiger partial charge in [-0.25, -0.2) is 0 Å². The van der Waals surface area contributed by atoms with Crippen molar-refractivity contribution in [1.82, 2.24) is 0 Å². The summed E-state index contributed by atoms with van der Waals surface area (Å²) in [6, 6.07) is 0. The molecule has 0 fully saturated rings. The smallest absolute Gasteiger partial charge is 0.306 e. The summed E-state index contributed by atoms with van der Waals surface area (Å²) in [7, 11) is 0. The lowest BCUT2D eigenvalue weighted by Crippen LogP contribution is -2.30. The molecule has 0 N–H and O–H groups in total. The molecule has 0 saturated carbocycles. The fourth-order valence-corrected chi connectivity index (χ4v) is 9.30. The normalized spacial score (nSPS) is 12.8. The van der Waals surface area contributed by atoms with Crippen molar-refractivity contribution in [2.45, 2.75) is 322 Å². The maximum Gasteiger partial charge on any atom is 0.306 e. The van der Waals surface area contributed by atoms with Crippen LogP contribution in [0.15, 0.2) is 109 Å². The molecule has 0 amide bonds. The lowest BCUT2D eigenvalue weighted by molar-refractivity contribution is -0.167. The molecule has 0 aliphatic rings. The van der Waals surface area contributed by atoms with Crippen molar-refractivity contribution in [3.05, 3.63) is 109 Å². The minimum atomic E-state index is -0.809. The topological polar surface area (TPSA) is 78.9 Å². The highest BCUT2D eigenvalue weighted by molar-refractivity contribution is 5.71. The zero-order chi connectivity index (χ0) is 57.1. The van der Waals surface area contributed by atoms with E-state index in [4.69, 9.17) is 14.2 Å². The molecule has 0 bridgehead atoms. The second kappa shape index (κ2) is 66.6. The molecule has 0 spiro atoms. The first-order chi connectivity index (χ1) is 39.0. The Balaban J connectivity index is 4.23. The molecular formula is C73H124O6. The van der Waals surface area contributed by atoms with Crippen LogP contribution in [0, 0.1) is 0 Å². The van der Waals surface area contributed by atoms with Gasteiger partial charge in [0.2, 0.25) is 0 Å². The first-order valence-electron chi connectivity index (χ1n) is 33.4. The Bertz CT molecular complexity index is 1590. The number of unbranched alkanes of at least 4 members (excludes halogenated alkanes) is 31. The summed E-state index contributed by atoms with van der Waals surface area (Å²) < 4.78 is 16.9. The fourth-order valence-electron chi connectivity index (χ4n) is 9.30. The minimum Gasteiger partial charge on any atom is -0.462 e. The van der Waals surface area contributed by atoms with Gasteiger partial charge in [0.05, 0.1) is 0 Å². The number of ether oxygens (including phenoxy) is 3. The predicted molar refractivity (Wildman–Crippen MR) is 343 cm³/mol. The number of carbonyl (C=O) groups is 3. The first-order valence-corrected chi connectivity index (χ1v) is 33.4. The van der Waals surface area contributed by atoms with E-state index in [1.54, 1.807) is 0 Å². The molecule has 0 aromatic carbocycles. The molecule has 6 heteroatoms. The van der Waals surface area contributed by atoms with Gasteiger partial charge in [-0.1, -0.05) is 284 Å². The number of rotatable bonds is 60. The number of hydrogen-bond donors (Lipinski definition) is 0. The summed E-state index contributed by atoms with van der Waals surface area (Å²) in [6.45, 7) is 6.38. The van der Waals surface area contributed by atoms with Gasteiger partial charge in [0.25, 0.3) is 0 Å². The zero-order valence-corrected chi connectivity index (χ0v) is 51.9. The van der Waals surface area contributed by atoms with Crippen molar-refractivity contribution in [1.29, 1.82) is 0 Å². The molecule has 1 unspecified atom stereocenters. The highest BCUT2D eigenvalue weighted by Gasteiger charge is 2.19. The van der Waals surface area contributed by atoms with E-state index in [1.807, 2.05) is 0 Å². The summed E-state index contributed by atoms with van der Waals surface area (Å²) in [5.74, 6) is -0.951. The van der Waals surface area contributed by atoms with Crippen LogP contribution < -0.4 is 0 Å². The zero-order valence-electron chi connectivity index (χ0n) is 51.9. The van der Waals surface area contributed by atoms with Crippen molar-refractivity contribution < 1.29 is 28.6 Å². The van der Waals surface area contributed by atoms with Gasteiger partial charge in [-0.3, -0.25) is 14.4 Å². The molecule has 0 saturated heterocycles. The van der Waals surface area contributed by atoms with E-state index in [-0.39, 0.29) is 37.5 Å². The maximum absolute atomic E-state index is 12.9. The van der Waals surface area contributed by atoms with Crippen LogP contribution in [0.25, 0.3) is 0 Å². The summed E-state index contributed by atoms with van der Waals surface area (Å²) in [5, 5.41) is 0. The Hall–Kier alpha value is -3.93. The largest absolute Gasteiger partial charge is 0.462 e. The van der Waals surface area contributed by atoms with Crippen LogP contribution in [0.1, 0.15) is 316 Å². The van der Waals surface area contributed by atoms with Crippen molar-refractivity contribution in [2.75, 3.05) is 13.2 Å². The summed E-state index contributed by atoms with van der Waals surface area (Å²) in [6.07, 6.45) is 91.2. The van der Waals surface area contributed by atoms with E-state index in [9.17, 15) is 14.4 Å². The lowest BCUT2D eigenvalue weighted by Gasteiger charge is -2.18. The Kier molecular flexibility index (Phi) is 63.3. The molecule has 0 aromatic rings. The molecule has 452 valence electrons. The third-order valence-corrected chi connectivity index (χ3v) is 14.2. The van der Waals surface area contributed by atoms with Crippen LogP contribution in [-0.4, -0.2) is 37.2 Å². The van der Waals surface area contributed by atoms with Crippen LogP contribution in [-0.2, 0) is 28.6 Å². The van der Waals surface area contributed by atoms with Gasteiger partial charge in [0.1, 0.15) is 13.2 Å². The Labute approximate surface area is 489 Å². The minimum absolute atomic E-state index is 0.0995. The highest BCUT2D eigenvalue weighted by Crippen LogP contribution is 2.17. The second-order valence-electron chi connectivity index (χ2n) is 22.0. The van der Waals surface area contributed by atoms with E-state index in [1.165, 1.54) is 148 Å². The number of hydrogen-bond acceptors (Lipinski definition) is 6. The van der Waals surface area contributed by atoms with E-state index >= 15 is 0 Å². The van der Waals surface area contributed by atoms with Crippen molar-refractivity contribution >= 4 is 17.9 Å². The lowest BCUT2D eigenvalue weighted by atomic mass is 10.0. The number of allylic oxidation sites excluding steroid dienone is 18. The summed E-state index contributed by atoms with van der Waals surface area (Å²) in [4.78, 5) is 38.3. The molecule has 0 aromatic heterocycles. The van der Waals surface area contributed by atoms with E-state index in [2.05, 4.69) is 130 Å². The molecule has 0 aliphatic heterocycles. The average molecular weight is 1100 g/mol. The Morgan fingerprint density at radius 1 is 0.266 bits per heavy atom. The second-order valence-corrected chi connectivity index (χ2v) is 22.0. The van der Waals surface area contributed by atoms with Crippen molar-refractivity contribution in [3.8, 4) is 0 Å². The Morgan fingerprint density at radius 3 is 0.797 bits per heavy atom. The quantitative estimate of drug-likeness (QED) is 0.0261. The summed E-state index contributed by atoms with van der Waals surface area (Å²) >= 11 is 0. The standard InChI is InChI=1S/C73H124O6/c1-4-7-10-13-16-19-22-25-28-29-30-31-32-33-34-35-36-37-38-39-40-41-42-43-46-48-51-54-57-60-63-66-72(75)78-69-70(79-73(76)67-64-61-58-55-52-49-45-27-24-21-18-15-12-9-6-3)68-77-71(74)65-62-59-56-53-50-47-44-26-23-20-17-14-11-8-5-2/h8-9,11-12,17-18,20-22,25-27,29-30,44-45,52,55,70H,4-7,10,13-16,19,23-24,28,31-43,46-51,53-54,56-69H2,1-3H3/b11-8-,12-9-,20-17-,21-18-,25-22-,30-29-,44-26-,45-27-,55-52-.